The quantitative estimate of drug-likeness (QED) is 0.0901. The van der Waals surface area contributed by atoms with E-state index in [1.807, 2.05) is 0 Å². The average molecular weight is 690 g/mol. The molecule has 0 radical (unpaired) electrons. The Morgan fingerprint density at radius 3 is 1.89 bits per heavy atom. The molecule has 3 aliphatic heterocycles. The minimum atomic E-state index is -5.34. The first-order valence-corrected chi connectivity index (χ1v) is 15.5. The number of carbonyl (C=O) groups is 1. The number of amides is 1. The molecule has 3 saturated heterocycles. The molecular formula is C20H35NO21S2. The molecule has 3 fully saturated rings. The zero-order valence-corrected chi connectivity index (χ0v) is 24.4. The van der Waals surface area contributed by atoms with Gasteiger partial charge < -0.3 is 64.7 Å². The first kappa shape index (κ1) is 37.2. The smallest absolute Gasteiger partial charge is 0.394 e. The Morgan fingerprint density at radius 1 is 0.750 bits per heavy atom. The van der Waals surface area contributed by atoms with Crippen molar-refractivity contribution in [2.24, 2.45) is 0 Å². The highest BCUT2D eigenvalue weighted by Gasteiger charge is 2.55. The molecule has 0 saturated carbocycles. The number of carbonyl (C=O) groups excluding carboxylic acids is 1. The van der Waals surface area contributed by atoms with E-state index in [-0.39, 0.29) is 0 Å². The molecule has 0 aromatic heterocycles. The number of aliphatic hydroxyl groups is 7. The second-order valence-electron chi connectivity index (χ2n) is 10.1. The molecule has 3 rings (SSSR count). The Hall–Kier alpha value is -1.27. The second-order valence-corrected chi connectivity index (χ2v) is 12.2. The summed E-state index contributed by atoms with van der Waals surface area (Å²) in [5.41, 5.74) is 0. The van der Waals surface area contributed by atoms with Crippen molar-refractivity contribution in [2.75, 3.05) is 13.2 Å². The molecule has 258 valence electrons. The average Bonchev–Trinajstić information content (AvgIpc) is 2.90. The van der Waals surface area contributed by atoms with Crippen LogP contribution in [0.2, 0.25) is 0 Å². The molecule has 0 spiro atoms. The van der Waals surface area contributed by atoms with Crippen LogP contribution < -0.4 is 5.32 Å². The lowest BCUT2D eigenvalue weighted by Crippen LogP contribution is -2.69. The van der Waals surface area contributed by atoms with Gasteiger partial charge in [-0.05, 0) is 6.92 Å². The molecule has 1 unspecified atom stereocenters. The third-order valence-corrected chi connectivity index (χ3v) is 7.76. The SMILES string of the molecule is CC(=O)N[C@H]1C(O)O[C@H](COS(=O)(=O)O)[C@@H](O[C@@H]2O[C@H](CO)[C@H](O)[C@H](OS(=O)(=O)O)[C@H]2O)[C@@H]1O[C@@H]1O[C@@H](C)[C@@H](O)[C@@H](O)[C@@H]1O. The van der Waals surface area contributed by atoms with Gasteiger partial charge in [0.2, 0.25) is 5.91 Å². The summed E-state index contributed by atoms with van der Waals surface area (Å²) in [6.07, 6.45) is -26.7. The largest absolute Gasteiger partial charge is 0.397 e. The van der Waals surface area contributed by atoms with Crippen LogP contribution in [-0.4, -0.2) is 173 Å². The molecule has 0 aliphatic carbocycles. The molecule has 1 amide bonds. The van der Waals surface area contributed by atoms with Crippen molar-refractivity contribution in [2.45, 2.75) is 106 Å². The van der Waals surface area contributed by atoms with Crippen LogP contribution in [0.3, 0.4) is 0 Å². The van der Waals surface area contributed by atoms with Gasteiger partial charge in [0.05, 0.1) is 19.3 Å². The first-order chi connectivity index (χ1) is 20.2. The summed E-state index contributed by atoms with van der Waals surface area (Å²) in [6.45, 7) is 0.0838. The Morgan fingerprint density at radius 2 is 1.34 bits per heavy atom. The maximum atomic E-state index is 12.0. The maximum absolute atomic E-state index is 12.0. The lowest BCUT2D eigenvalue weighted by molar-refractivity contribution is -0.369. The number of nitrogens with one attached hydrogen (secondary N) is 1. The Bertz CT molecular complexity index is 1190. The van der Waals surface area contributed by atoms with Gasteiger partial charge in [0, 0.05) is 6.92 Å². The van der Waals surface area contributed by atoms with Gasteiger partial charge in [-0.1, -0.05) is 0 Å². The van der Waals surface area contributed by atoms with Gasteiger partial charge >= 0.3 is 20.8 Å². The predicted molar refractivity (Wildman–Crippen MR) is 132 cm³/mol. The minimum Gasteiger partial charge on any atom is -0.394 e. The summed E-state index contributed by atoms with van der Waals surface area (Å²) in [6, 6.07) is -1.69. The van der Waals surface area contributed by atoms with Gasteiger partial charge in [-0.15, -0.1) is 0 Å². The summed E-state index contributed by atoms with van der Waals surface area (Å²) in [4.78, 5) is 12.0. The van der Waals surface area contributed by atoms with Crippen LogP contribution in [-0.2, 0) is 57.6 Å². The van der Waals surface area contributed by atoms with E-state index in [4.69, 9.17) is 32.8 Å². The van der Waals surface area contributed by atoms with Crippen LogP contribution >= 0.6 is 0 Å². The molecule has 3 aliphatic rings. The van der Waals surface area contributed by atoms with Gasteiger partial charge in [0.15, 0.2) is 18.9 Å². The van der Waals surface area contributed by atoms with Crippen molar-refractivity contribution in [1.29, 1.82) is 0 Å². The number of aliphatic hydroxyl groups excluding tert-OH is 7. The Labute approximate surface area is 249 Å². The van der Waals surface area contributed by atoms with Gasteiger partial charge in [-0.3, -0.25) is 13.9 Å². The van der Waals surface area contributed by atoms with E-state index in [1.165, 1.54) is 6.92 Å². The minimum absolute atomic E-state index is 0.814. The third kappa shape index (κ3) is 9.17. The van der Waals surface area contributed by atoms with E-state index in [0.29, 0.717) is 0 Å². The van der Waals surface area contributed by atoms with E-state index < -0.39 is 132 Å². The molecule has 0 aromatic rings. The topological polar surface area (TPSA) is 344 Å². The molecule has 10 N–H and O–H groups in total. The molecule has 24 heteroatoms. The standard InChI is InChI=1S/C20H35NO21S2/c1-5-10(24)12(26)13(27)19(37-5)41-16-9(21-6(2)23)18(29)38-8(4-36-43(30,31)32)15(16)40-20-14(28)17(42-44(33,34)35)11(25)7(3-22)39-20/h5,7-20,22,24-29H,3-4H2,1-2H3,(H,21,23)(H,30,31,32)(H,33,34,35)/t5-,7+,8+,9+,10+,11-,12+,13-,14+,15+,16+,17-,18?,19-,20-/m0/s1. The molecule has 22 nitrogen and oxygen atoms in total. The first-order valence-electron chi connectivity index (χ1n) is 12.7. The van der Waals surface area contributed by atoms with Crippen LogP contribution in [0.25, 0.3) is 0 Å². The summed E-state index contributed by atoms with van der Waals surface area (Å²) in [7, 11) is -10.5. The van der Waals surface area contributed by atoms with Gasteiger partial charge in [-0.25, -0.2) is 8.37 Å². The molecule has 3 heterocycles. The summed E-state index contributed by atoms with van der Waals surface area (Å²) in [5.74, 6) is -0.814. The lowest BCUT2D eigenvalue weighted by atomic mass is 9.94. The highest BCUT2D eigenvalue weighted by atomic mass is 32.3. The second kappa shape index (κ2) is 14.7. The Balaban J connectivity index is 2.05. The molecule has 15 atom stereocenters. The van der Waals surface area contributed by atoms with Crippen molar-refractivity contribution in [3.63, 3.8) is 0 Å². The fourth-order valence-electron chi connectivity index (χ4n) is 4.78. The predicted octanol–water partition coefficient (Wildman–Crippen LogP) is -6.75. The van der Waals surface area contributed by atoms with E-state index in [2.05, 4.69) is 13.7 Å². The molecular weight excluding hydrogens is 654 g/mol. The fraction of sp³-hybridized carbons (Fsp3) is 0.950. The number of hydrogen-bond donors (Lipinski definition) is 10. The summed E-state index contributed by atoms with van der Waals surface area (Å²) < 4.78 is 99.7. The van der Waals surface area contributed by atoms with Crippen molar-refractivity contribution < 1.29 is 98.5 Å². The number of rotatable bonds is 11. The third-order valence-electron chi connectivity index (χ3n) is 6.86. The van der Waals surface area contributed by atoms with Crippen LogP contribution in [0, 0.1) is 0 Å². The normalized spacial score (nSPS) is 43.8. The summed E-state index contributed by atoms with van der Waals surface area (Å²) in [5, 5.41) is 74.5. The van der Waals surface area contributed by atoms with Crippen LogP contribution in [0.4, 0.5) is 0 Å². The van der Waals surface area contributed by atoms with Crippen molar-refractivity contribution in [3.8, 4) is 0 Å². The molecule has 0 bridgehead atoms. The maximum Gasteiger partial charge on any atom is 0.397 e. The van der Waals surface area contributed by atoms with Crippen LogP contribution in [0.15, 0.2) is 0 Å². The van der Waals surface area contributed by atoms with Crippen molar-refractivity contribution in [3.05, 3.63) is 0 Å². The molecule has 44 heavy (non-hydrogen) atoms. The molecule has 0 aromatic carbocycles. The van der Waals surface area contributed by atoms with Gasteiger partial charge in [0.25, 0.3) is 0 Å². The Kier molecular flexibility index (Phi) is 12.4. The zero-order valence-electron chi connectivity index (χ0n) is 22.8. The number of hydrogen-bond acceptors (Lipinski definition) is 19. The van der Waals surface area contributed by atoms with Gasteiger partial charge in [0.1, 0.15) is 67.1 Å². The van der Waals surface area contributed by atoms with Gasteiger partial charge in [-0.2, -0.15) is 16.8 Å². The lowest BCUT2D eigenvalue weighted by Gasteiger charge is -2.49. The fourth-order valence-corrected chi connectivity index (χ4v) is 5.59. The van der Waals surface area contributed by atoms with Crippen molar-refractivity contribution in [1.82, 2.24) is 5.32 Å². The van der Waals surface area contributed by atoms with E-state index in [1.54, 1.807) is 0 Å². The zero-order chi connectivity index (χ0) is 33.3. The highest BCUT2D eigenvalue weighted by Crippen LogP contribution is 2.34. The monoisotopic (exact) mass is 689 g/mol. The van der Waals surface area contributed by atoms with E-state index in [9.17, 15) is 57.4 Å². The number of ether oxygens (including phenoxy) is 5. The van der Waals surface area contributed by atoms with Crippen LogP contribution in [0.1, 0.15) is 13.8 Å². The van der Waals surface area contributed by atoms with E-state index in [0.717, 1.165) is 6.92 Å². The van der Waals surface area contributed by atoms with Crippen molar-refractivity contribution >= 4 is 26.7 Å². The van der Waals surface area contributed by atoms with E-state index >= 15 is 0 Å². The summed E-state index contributed by atoms with van der Waals surface area (Å²) >= 11 is 0. The van der Waals surface area contributed by atoms with Crippen LogP contribution in [0.5, 0.6) is 0 Å². The highest BCUT2D eigenvalue weighted by molar-refractivity contribution is 7.81.